The van der Waals surface area contributed by atoms with Crippen LogP contribution in [0, 0.1) is 0 Å². The zero-order valence-corrected chi connectivity index (χ0v) is 10.9. The molecule has 1 aliphatic rings. The minimum Gasteiger partial charge on any atom is -0.477 e. The molecule has 0 saturated carbocycles. The van der Waals surface area contributed by atoms with E-state index < -0.39 is 6.23 Å². The number of anilines is 1. The number of nitrogens with zero attached hydrogens (tertiary/aromatic N) is 3. The fourth-order valence-electron chi connectivity index (χ4n) is 2.39. The summed E-state index contributed by atoms with van der Waals surface area (Å²) in [6, 6.07) is 7.77. The van der Waals surface area contributed by atoms with Gasteiger partial charge in [0.2, 0.25) is 11.8 Å². The molecule has 1 aromatic carbocycles. The van der Waals surface area contributed by atoms with E-state index in [2.05, 4.69) is 9.97 Å². The number of aromatic nitrogens is 2. The first-order valence-electron chi connectivity index (χ1n) is 6.64. The van der Waals surface area contributed by atoms with Gasteiger partial charge in [-0.25, -0.2) is 4.98 Å². The van der Waals surface area contributed by atoms with Crippen molar-refractivity contribution in [2.24, 2.45) is 0 Å². The number of aliphatic hydroxyl groups excluding tert-OH is 1. The van der Waals surface area contributed by atoms with Gasteiger partial charge in [0.1, 0.15) is 6.23 Å². The third kappa shape index (κ3) is 2.21. The van der Waals surface area contributed by atoms with Gasteiger partial charge in [0.15, 0.2) is 0 Å². The van der Waals surface area contributed by atoms with E-state index in [1.807, 2.05) is 36.1 Å². The first kappa shape index (κ1) is 12.2. The van der Waals surface area contributed by atoms with E-state index in [1.54, 1.807) is 0 Å². The van der Waals surface area contributed by atoms with Crippen molar-refractivity contribution >= 4 is 16.9 Å². The van der Waals surface area contributed by atoms with E-state index in [0.717, 1.165) is 30.3 Å². The number of fused-ring (bicyclic) bond motifs is 1. The normalized spacial score (nSPS) is 19.1. The molecule has 0 spiro atoms. The Bertz CT molecular complexity index is 588. The van der Waals surface area contributed by atoms with Crippen LogP contribution in [0.1, 0.15) is 19.8 Å². The van der Waals surface area contributed by atoms with Gasteiger partial charge in [-0.3, -0.25) is 0 Å². The van der Waals surface area contributed by atoms with E-state index in [9.17, 15) is 5.11 Å². The summed E-state index contributed by atoms with van der Waals surface area (Å²) < 4.78 is 5.60. The molecule has 5 heteroatoms. The van der Waals surface area contributed by atoms with Gasteiger partial charge < -0.3 is 14.7 Å². The quantitative estimate of drug-likeness (QED) is 0.913. The lowest BCUT2D eigenvalue weighted by atomic mass is 10.2. The lowest BCUT2D eigenvalue weighted by Gasteiger charge is -2.21. The number of rotatable bonds is 3. The zero-order valence-electron chi connectivity index (χ0n) is 10.9. The van der Waals surface area contributed by atoms with E-state index in [0.29, 0.717) is 18.4 Å². The molecule has 1 fully saturated rings. The van der Waals surface area contributed by atoms with Gasteiger partial charge in [-0.05, 0) is 31.9 Å². The molecular formula is C14H17N3O2. The topological polar surface area (TPSA) is 58.5 Å². The number of hydrogen-bond acceptors (Lipinski definition) is 5. The maximum Gasteiger partial charge on any atom is 0.231 e. The van der Waals surface area contributed by atoms with E-state index in [1.165, 1.54) is 0 Å². The predicted molar refractivity (Wildman–Crippen MR) is 73.3 cm³/mol. The molecular weight excluding hydrogens is 242 g/mol. The second-order valence-corrected chi connectivity index (χ2v) is 4.60. The molecule has 5 nitrogen and oxygen atoms in total. The van der Waals surface area contributed by atoms with Crippen LogP contribution in [0.2, 0.25) is 0 Å². The molecule has 1 aliphatic heterocycles. The summed E-state index contributed by atoms with van der Waals surface area (Å²) in [6.07, 6.45) is 1.23. The molecule has 0 radical (unpaired) electrons. The van der Waals surface area contributed by atoms with Gasteiger partial charge >= 0.3 is 0 Å². The molecule has 100 valence electrons. The third-order valence-corrected chi connectivity index (χ3v) is 3.32. The second kappa shape index (κ2) is 5.01. The molecule has 1 N–H and O–H groups in total. The summed E-state index contributed by atoms with van der Waals surface area (Å²) in [6.45, 7) is 3.27. The Labute approximate surface area is 111 Å². The van der Waals surface area contributed by atoms with Gasteiger partial charge in [0.05, 0.1) is 17.5 Å². The molecule has 1 atom stereocenters. The Morgan fingerprint density at radius 2 is 2.21 bits per heavy atom. The van der Waals surface area contributed by atoms with Crippen molar-refractivity contribution in [1.29, 1.82) is 0 Å². The Hall–Kier alpha value is -1.88. The highest BCUT2D eigenvalue weighted by Crippen LogP contribution is 2.28. The van der Waals surface area contributed by atoms with Crippen LogP contribution in [0.3, 0.4) is 0 Å². The monoisotopic (exact) mass is 259 g/mol. The van der Waals surface area contributed by atoms with Crippen LogP contribution in [0.4, 0.5) is 5.95 Å². The molecule has 0 amide bonds. The Kier molecular flexibility index (Phi) is 3.21. The van der Waals surface area contributed by atoms with Crippen molar-refractivity contribution in [3.8, 4) is 5.88 Å². The van der Waals surface area contributed by atoms with E-state index in [4.69, 9.17) is 4.74 Å². The van der Waals surface area contributed by atoms with Crippen molar-refractivity contribution in [1.82, 2.24) is 9.97 Å². The summed E-state index contributed by atoms with van der Waals surface area (Å²) in [7, 11) is 0. The lowest BCUT2D eigenvalue weighted by Crippen LogP contribution is -2.30. The summed E-state index contributed by atoms with van der Waals surface area (Å²) in [5.41, 5.74) is 0.843. The van der Waals surface area contributed by atoms with Gasteiger partial charge in [0.25, 0.3) is 0 Å². The highest BCUT2D eigenvalue weighted by atomic mass is 16.5. The first-order valence-corrected chi connectivity index (χ1v) is 6.64. The van der Waals surface area contributed by atoms with Crippen LogP contribution < -0.4 is 9.64 Å². The van der Waals surface area contributed by atoms with Gasteiger partial charge in [-0.1, -0.05) is 12.1 Å². The Morgan fingerprint density at radius 1 is 1.37 bits per heavy atom. The number of benzene rings is 1. The lowest BCUT2D eigenvalue weighted by molar-refractivity contribution is 0.184. The van der Waals surface area contributed by atoms with Gasteiger partial charge in [0, 0.05) is 6.54 Å². The average molecular weight is 259 g/mol. The fourth-order valence-corrected chi connectivity index (χ4v) is 2.39. The third-order valence-electron chi connectivity index (χ3n) is 3.32. The maximum atomic E-state index is 9.94. The Balaban J connectivity index is 2.10. The molecule has 0 bridgehead atoms. The molecule has 2 heterocycles. The van der Waals surface area contributed by atoms with Gasteiger partial charge in [-0.2, -0.15) is 4.98 Å². The van der Waals surface area contributed by atoms with Crippen molar-refractivity contribution in [2.45, 2.75) is 26.0 Å². The maximum absolute atomic E-state index is 9.94. The fraction of sp³-hybridized carbons (Fsp3) is 0.429. The van der Waals surface area contributed by atoms with Crippen LogP contribution >= 0.6 is 0 Å². The van der Waals surface area contributed by atoms with Crippen LogP contribution in [-0.2, 0) is 0 Å². The number of hydrogen-bond donors (Lipinski definition) is 1. The minimum absolute atomic E-state index is 0.490. The molecule has 19 heavy (non-hydrogen) atoms. The summed E-state index contributed by atoms with van der Waals surface area (Å²) in [5, 5.41) is 10.8. The van der Waals surface area contributed by atoms with Gasteiger partial charge in [-0.15, -0.1) is 0 Å². The number of aliphatic hydroxyl groups is 1. The van der Waals surface area contributed by atoms with E-state index in [-0.39, 0.29) is 0 Å². The van der Waals surface area contributed by atoms with Crippen LogP contribution in [0.5, 0.6) is 5.88 Å². The molecule has 1 unspecified atom stereocenters. The standard InChI is InChI=1S/C14H17N3O2/c1-2-19-13-10-6-3-4-7-11(10)15-14(16-13)17-9-5-8-12(17)18/h3-4,6-7,12,18H,2,5,8-9H2,1H3. The second-order valence-electron chi connectivity index (χ2n) is 4.60. The van der Waals surface area contributed by atoms with Crippen molar-refractivity contribution < 1.29 is 9.84 Å². The van der Waals surface area contributed by atoms with Crippen LogP contribution in [0.25, 0.3) is 10.9 Å². The number of ether oxygens (including phenoxy) is 1. The largest absolute Gasteiger partial charge is 0.477 e. The zero-order chi connectivity index (χ0) is 13.2. The highest BCUT2D eigenvalue weighted by molar-refractivity contribution is 5.84. The minimum atomic E-state index is -0.490. The van der Waals surface area contributed by atoms with Crippen LogP contribution in [-0.4, -0.2) is 34.5 Å². The van der Waals surface area contributed by atoms with Crippen molar-refractivity contribution in [3.63, 3.8) is 0 Å². The number of para-hydroxylation sites is 1. The van der Waals surface area contributed by atoms with Crippen LogP contribution in [0.15, 0.2) is 24.3 Å². The molecule has 0 aliphatic carbocycles. The SMILES string of the molecule is CCOc1nc(N2CCCC2O)nc2ccccc12. The molecule has 3 rings (SSSR count). The van der Waals surface area contributed by atoms with Crippen molar-refractivity contribution in [2.75, 3.05) is 18.1 Å². The average Bonchev–Trinajstić information content (AvgIpc) is 2.85. The van der Waals surface area contributed by atoms with E-state index >= 15 is 0 Å². The van der Waals surface area contributed by atoms with Crippen molar-refractivity contribution in [3.05, 3.63) is 24.3 Å². The Morgan fingerprint density at radius 3 is 2.95 bits per heavy atom. The summed E-state index contributed by atoms with van der Waals surface area (Å²) in [5.74, 6) is 1.13. The molecule has 1 saturated heterocycles. The molecule has 1 aromatic heterocycles. The molecule has 2 aromatic rings. The smallest absolute Gasteiger partial charge is 0.231 e. The summed E-state index contributed by atoms with van der Waals surface area (Å²) >= 11 is 0. The highest BCUT2D eigenvalue weighted by Gasteiger charge is 2.25. The summed E-state index contributed by atoms with van der Waals surface area (Å²) in [4.78, 5) is 10.8. The predicted octanol–water partition coefficient (Wildman–Crippen LogP) is 1.95. The first-order chi connectivity index (χ1) is 9.29.